The highest BCUT2D eigenvalue weighted by Gasteiger charge is 2.21. The zero-order chi connectivity index (χ0) is 9.84. The van der Waals surface area contributed by atoms with Gasteiger partial charge < -0.3 is 15.5 Å². The number of nitrogens with one attached hydrogen (secondary N) is 2. The molecule has 1 atom stereocenters. The molecular formula is C7H11N3O3. The smallest absolute Gasteiger partial charge is 0.274 e. The number of carbonyl (C=O) groups is 1. The fraction of sp³-hybridized carbons (Fsp3) is 0.429. The lowest BCUT2D eigenvalue weighted by molar-refractivity contribution is -0.115. The molecule has 6 nitrogen and oxygen atoms in total. The molecule has 6 heteroatoms. The van der Waals surface area contributed by atoms with Crippen LogP contribution >= 0.6 is 0 Å². The maximum Gasteiger partial charge on any atom is 0.274 e. The van der Waals surface area contributed by atoms with E-state index in [4.69, 9.17) is 10.2 Å². The molecule has 1 aliphatic rings. The van der Waals surface area contributed by atoms with Gasteiger partial charge in [-0.25, -0.2) is 0 Å². The Kier molecular flexibility index (Phi) is 2.99. The normalized spacial score (nSPS) is 24.7. The molecular weight excluding hydrogens is 174 g/mol. The lowest BCUT2D eigenvalue weighted by Crippen LogP contribution is -2.24. The van der Waals surface area contributed by atoms with Crippen molar-refractivity contribution in [3.05, 3.63) is 11.8 Å². The van der Waals surface area contributed by atoms with Gasteiger partial charge in [-0.2, -0.15) is 0 Å². The van der Waals surface area contributed by atoms with Crippen LogP contribution in [0.4, 0.5) is 0 Å². The predicted molar refractivity (Wildman–Crippen MR) is 45.8 cm³/mol. The topological polar surface area (TPSA) is 94.0 Å². The van der Waals surface area contributed by atoms with Gasteiger partial charge in [-0.3, -0.25) is 15.1 Å². The van der Waals surface area contributed by atoms with E-state index in [-0.39, 0.29) is 11.6 Å². The molecule has 1 unspecified atom stereocenters. The Labute approximate surface area is 75.0 Å². The van der Waals surface area contributed by atoms with Crippen LogP contribution < -0.4 is 10.6 Å². The van der Waals surface area contributed by atoms with Gasteiger partial charge in [-0.05, 0) is 6.08 Å². The van der Waals surface area contributed by atoms with Crippen molar-refractivity contribution in [3.8, 4) is 0 Å². The largest absolute Gasteiger partial charge is 0.393 e. The highest BCUT2D eigenvalue weighted by molar-refractivity contribution is 6.13. The summed E-state index contributed by atoms with van der Waals surface area (Å²) in [5, 5.41) is 22.6. The average molecular weight is 185 g/mol. The molecule has 0 aliphatic carbocycles. The van der Waals surface area contributed by atoms with E-state index in [1.54, 1.807) is 0 Å². The minimum atomic E-state index is -1.04. The summed E-state index contributed by atoms with van der Waals surface area (Å²) in [6.07, 6.45) is 0.192. The summed E-state index contributed by atoms with van der Waals surface area (Å²) in [4.78, 5) is 14.8. The molecule has 1 heterocycles. The molecule has 0 bridgehead atoms. The van der Waals surface area contributed by atoms with E-state index in [1.807, 2.05) is 0 Å². The maximum atomic E-state index is 11.1. The first-order valence-electron chi connectivity index (χ1n) is 3.73. The molecule has 1 saturated heterocycles. The molecule has 1 amide bonds. The van der Waals surface area contributed by atoms with Gasteiger partial charge in [0, 0.05) is 7.05 Å². The molecule has 0 spiro atoms. The molecule has 13 heavy (non-hydrogen) atoms. The first kappa shape index (κ1) is 9.69. The molecule has 72 valence electrons. The molecule has 1 rings (SSSR count). The molecule has 0 aromatic heterocycles. The summed E-state index contributed by atoms with van der Waals surface area (Å²) in [5.41, 5.74) is 0.196. The van der Waals surface area contributed by atoms with Gasteiger partial charge in [-0.15, -0.1) is 0 Å². The van der Waals surface area contributed by atoms with Crippen molar-refractivity contribution in [3.63, 3.8) is 0 Å². The molecule has 1 fully saturated rings. The molecule has 1 aliphatic heterocycles. The van der Waals surface area contributed by atoms with E-state index in [0.29, 0.717) is 5.96 Å². The average Bonchev–Trinajstić information content (AvgIpc) is 2.47. The lowest BCUT2D eigenvalue weighted by Gasteiger charge is -2.00. The van der Waals surface area contributed by atoms with E-state index < -0.39 is 12.7 Å². The Balaban J connectivity index is 2.73. The van der Waals surface area contributed by atoms with Crippen molar-refractivity contribution >= 4 is 11.9 Å². The van der Waals surface area contributed by atoms with Crippen molar-refractivity contribution in [2.45, 2.75) is 6.10 Å². The minimum absolute atomic E-state index is 0.196. The van der Waals surface area contributed by atoms with Crippen molar-refractivity contribution < 1.29 is 15.0 Å². The standard InChI is InChI=1S/C7H11N3O3/c1-8-7-9-5(6(13)10-7)2-4(12)3-11/h2,4,11-12H,3H2,1H3,(H2,8,9,10,13)/b5-2-. The Morgan fingerprint density at radius 2 is 2.31 bits per heavy atom. The SMILES string of the molecule is CN=C1NC(=O)/C(=C/C(O)CO)N1. The van der Waals surface area contributed by atoms with Crippen LogP contribution in [0.1, 0.15) is 0 Å². The summed E-state index contributed by atoms with van der Waals surface area (Å²) in [6, 6.07) is 0. The van der Waals surface area contributed by atoms with E-state index in [0.717, 1.165) is 0 Å². The third-order valence-corrected chi connectivity index (χ3v) is 1.50. The second-order valence-electron chi connectivity index (χ2n) is 2.48. The van der Waals surface area contributed by atoms with Crippen LogP contribution in [0.5, 0.6) is 0 Å². The van der Waals surface area contributed by atoms with E-state index >= 15 is 0 Å². The monoisotopic (exact) mass is 185 g/mol. The quantitative estimate of drug-likeness (QED) is 0.372. The number of hydrogen-bond acceptors (Lipinski definition) is 4. The van der Waals surface area contributed by atoms with Gasteiger partial charge >= 0.3 is 0 Å². The minimum Gasteiger partial charge on any atom is -0.393 e. The first-order valence-corrected chi connectivity index (χ1v) is 3.73. The highest BCUT2D eigenvalue weighted by atomic mass is 16.3. The Morgan fingerprint density at radius 1 is 1.62 bits per heavy atom. The molecule has 4 N–H and O–H groups in total. The van der Waals surface area contributed by atoms with Crippen LogP contribution in [0, 0.1) is 0 Å². The number of rotatable bonds is 2. The van der Waals surface area contributed by atoms with Crippen LogP contribution in [-0.2, 0) is 4.79 Å². The van der Waals surface area contributed by atoms with E-state index in [1.165, 1.54) is 13.1 Å². The summed E-state index contributed by atoms with van der Waals surface area (Å²) >= 11 is 0. The first-order chi connectivity index (χ1) is 6.17. The lowest BCUT2D eigenvalue weighted by atomic mass is 10.3. The summed E-state index contributed by atoms with van der Waals surface area (Å²) in [5.74, 6) is -0.0329. The van der Waals surface area contributed by atoms with Crippen molar-refractivity contribution in [1.29, 1.82) is 0 Å². The highest BCUT2D eigenvalue weighted by Crippen LogP contribution is 1.99. The number of hydrogen-bond donors (Lipinski definition) is 4. The summed E-state index contributed by atoms with van der Waals surface area (Å²) in [7, 11) is 1.52. The fourth-order valence-electron chi connectivity index (χ4n) is 0.865. The molecule has 0 aromatic rings. The van der Waals surface area contributed by atoms with Crippen LogP contribution in [0.15, 0.2) is 16.8 Å². The van der Waals surface area contributed by atoms with E-state index in [2.05, 4.69) is 15.6 Å². The zero-order valence-corrected chi connectivity index (χ0v) is 7.11. The molecule has 0 aromatic carbocycles. The van der Waals surface area contributed by atoms with Gasteiger partial charge in [0.05, 0.1) is 12.7 Å². The van der Waals surface area contributed by atoms with Crippen molar-refractivity contribution in [2.24, 2.45) is 4.99 Å². The van der Waals surface area contributed by atoms with Crippen molar-refractivity contribution in [2.75, 3.05) is 13.7 Å². The Bertz CT molecular complexity index is 272. The third kappa shape index (κ3) is 2.27. The van der Waals surface area contributed by atoms with Gasteiger partial charge in [-0.1, -0.05) is 0 Å². The Morgan fingerprint density at radius 3 is 2.77 bits per heavy atom. The number of aliphatic imine (C=N–C) groups is 1. The molecule has 0 saturated carbocycles. The third-order valence-electron chi connectivity index (χ3n) is 1.50. The number of amides is 1. The number of aliphatic hydroxyl groups is 2. The number of guanidine groups is 1. The summed E-state index contributed by atoms with van der Waals surface area (Å²) in [6.45, 7) is -0.420. The maximum absolute atomic E-state index is 11.1. The van der Waals surface area contributed by atoms with Crippen LogP contribution in [0.25, 0.3) is 0 Å². The van der Waals surface area contributed by atoms with Crippen LogP contribution in [-0.4, -0.2) is 41.8 Å². The van der Waals surface area contributed by atoms with E-state index in [9.17, 15) is 4.79 Å². The molecule has 0 radical (unpaired) electrons. The van der Waals surface area contributed by atoms with Gasteiger partial charge in [0.25, 0.3) is 5.91 Å². The number of carbonyl (C=O) groups excluding carboxylic acids is 1. The predicted octanol–water partition coefficient (Wildman–Crippen LogP) is -2.07. The Hall–Kier alpha value is -1.40. The van der Waals surface area contributed by atoms with Gasteiger partial charge in [0.15, 0.2) is 0 Å². The second kappa shape index (κ2) is 4.01. The van der Waals surface area contributed by atoms with Crippen LogP contribution in [0.2, 0.25) is 0 Å². The van der Waals surface area contributed by atoms with Crippen molar-refractivity contribution in [1.82, 2.24) is 10.6 Å². The van der Waals surface area contributed by atoms with Gasteiger partial charge in [0.1, 0.15) is 5.70 Å². The zero-order valence-electron chi connectivity index (χ0n) is 7.11. The number of aliphatic hydroxyl groups excluding tert-OH is 2. The number of nitrogens with zero attached hydrogens (tertiary/aromatic N) is 1. The second-order valence-corrected chi connectivity index (χ2v) is 2.48. The summed E-state index contributed by atoms with van der Waals surface area (Å²) < 4.78 is 0. The van der Waals surface area contributed by atoms with Crippen LogP contribution in [0.3, 0.4) is 0 Å². The van der Waals surface area contributed by atoms with Gasteiger partial charge in [0.2, 0.25) is 5.96 Å². The fourth-order valence-corrected chi connectivity index (χ4v) is 0.865.